The normalized spacial score (nSPS) is 36.6. The summed E-state index contributed by atoms with van der Waals surface area (Å²) < 4.78 is 31.2. The van der Waals surface area contributed by atoms with Crippen molar-refractivity contribution >= 4 is 66.2 Å². The number of amides is 7. The average Bonchev–Trinajstić information content (AvgIpc) is 1.55. The Balaban J connectivity index is 0.0000113. The first-order valence-corrected chi connectivity index (χ1v) is 31.0. The van der Waals surface area contributed by atoms with Gasteiger partial charge in [-0.2, -0.15) is 17.1 Å². The van der Waals surface area contributed by atoms with Crippen molar-refractivity contribution in [2.45, 2.75) is 180 Å². The number of aliphatic hydroxyl groups is 2. The van der Waals surface area contributed by atoms with Gasteiger partial charge in [0.15, 0.2) is 17.7 Å². The van der Waals surface area contributed by atoms with Crippen LogP contribution >= 0.6 is 7.82 Å². The second-order valence-corrected chi connectivity index (χ2v) is 27.5. The first-order chi connectivity index (χ1) is 41.0. The molecule has 6 aliphatic rings. The number of carbonyl (C=O) groups is 7. The number of allylic oxidation sites excluding steroid dienone is 3. The van der Waals surface area contributed by atoms with Gasteiger partial charge >= 0.3 is 7.82 Å². The van der Waals surface area contributed by atoms with Gasteiger partial charge in [0, 0.05) is 68.3 Å². The van der Waals surface area contributed by atoms with Crippen molar-refractivity contribution in [1.82, 2.24) is 24.8 Å². The van der Waals surface area contributed by atoms with Crippen molar-refractivity contribution < 1.29 is 83.8 Å². The molecule has 0 spiro atoms. The van der Waals surface area contributed by atoms with Gasteiger partial charge in [0.25, 0.3) is 0 Å². The molecule has 30 nitrogen and oxygen atoms in total. The monoisotopic (exact) mass is 1310 g/mol. The smallest absolute Gasteiger partial charge is 0.472 e. The number of fused-ring (bicyclic) bond motifs is 10. The molecule has 8 rings (SSSR count). The van der Waals surface area contributed by atoms with Gasteiger partial charge < -0.3 is 86.6 Å². The molecule has 2 aromatic heterocycles. The molecule has 8 bridgehead atoms. The summed E-state index contributed by atoms with van der Waals surface area (Å²) >= 11 is 0. The molecule has 0 aliphatic carbocycles. The second-order valence-electron chi connectivity index (χ2n) is 26.1. The van der Waals surface area contributed by atoms with Crippen LogP contribution in [0, 0.1) is 45.3 Å². The number of aliphatic hydroxyl groups excluding tert-OH is 2. The van der Waals surface area contributed by atoms with Gasteiger partial charge in [-0.25, -0.2) is 19.5 Å². The second kappa shape index (κ2) is 26.6. The van der Waals surface area contributed by atoms with Gasteiger partial charge in [0.2, 0.25) is 41.4 Å². The van der Waals surface area contributed by atoms with Crippen LogP contribution in [0.5, 0.6) is 0 Å². The van der Waals surface area contributed by atoms with Gasteiger partial charge in [-0.05, 0) is 84.9 Å². The number of rotatable bonds is 26. The van der Waals surface area contributed by atoms with E-state index >= 15 is 0 Å². The van der Waals surface area contributed by atoms with Crippen molar-refractivity contribution in [2.75, 3.05) is 25.5 Å². The van der Waals surface area contributed by atoms with E-state index in [1.54, 1.807) is 0 Å². The van der Waals surface area contributed by atoms with E-state index < -0.39 is 162 Å². The van der Waals surface area contributed by atoms with Gasteiger partial charge in [-0.15, -0.1) is 40.9 Å². The number of nitrogens with two attached hydrogens (primary N) is 7. The number of hydrogen-bond donors (Lipinski definition) is 11. The molecular weight excluding hydrogens is 1220 g/mol. The predicted octanol–water partition coefficient (Wildman–Crippen LogP) is 2.22. The van der Waals surface area contributed by atoms with Crippen LogP contribution in [0.25, 0.3) is 32.4 Å². The summed E-state index contributed by atoms with van der Waals surface area (Å²) in [6, 6.07) is -3.40. The van der Waals surface area contributed by atoms with Crippen molar-refractivity contribution in [3.8, 4) is 0 Å². The molecular formula is C57H85CoN16O14P-4. The molecule has 18 N–H and O–H groups in total. The Morgan fingerprint density at radius 2 is 1.45 bits per heavy atom. The minimum Gasteiger partial charge on any atom is -0.681 e. The predicted molar refractivity (Wildman–Crippen MR) is 319 cm³/mol. The van der Waals surface area contributed by atoms with Crippen LogP contribution in [0.2, 0.25) is 0 Å². The number of nitrogens with zero attached hydrogens (tertiary/aromatic N) is 8. The molecule has 17 atom stereocenters. The minimum atomic E-state index is -5.05. The number of nitrogens with one attached hydrogen (secondary N) is 1. The molecule has 4 unspecified atom stereocenters. The van der Waals surface area contributed by atoms with E-state index in [0.29, 0.717) is 28.2 Å². The fourth-order valence-corrected chi connectivity index (χ4v) is 16.5. The summed E-state index contributed by atoms with van der Waals surface area (Å²) in [7, 11) is -5.05. The third kappa shape index (κ3) is 13.5. The van der Waals surface area contributed by atoms with E-state index in [4.69, 9.17) is 75.2 Å². The molecule has 5 saturated heterocycles. The van der Waals surface area contributed by atoms with E-state index in [1.807, 2.05) is 61.5 Å². The van der Waals surface area contributed by atoms with E-state index in [1.165, 1.54) is 17.2 Å². The van der Waals surface area contributed by atoms with Crippen LogP contribution in [0.1, 0.15) is 132 Å². The summed E-state index contributed by atoms with van der Waals surface area (Å²) in [6.45, 7) is 13.5. The molecule has 5 fully saturated rings. The summed E-state index contributed by atoms with van der Waals surface area (Å²) in [5, 5.41) is 46.5. The molecule has 495 valence electrons. The Bertz CT molecular complexity index is 3260. The maximum atomic E-state index is 14.2. The van der Waals surface area contributed by atoms with Crippen LogP contribution in [-0.4, -0.2) is 144 Å². The van der Waals surface area contributed by atoms with Gasteiger partial charge in [0.05, 0.1) is 13.2 Å². The molecule has 8 heterocycles. The number of nitrogen functional groups attached to an aromatic ring is 1. The molecule has 0 aromatic carbocycles. The Morgan fingerprint density at radius 1 is 0.820 bits per heavy atom. The van der Waals surface area contributed by atoms with E-state index in [2.05, 4.69) is 20.3 Å². The summed E-state index contributed by atoms with van der Waals surface area (Å²) in [5.41, 5.74) is 39.4. The van der Waals surface area contributed by atoms with Gasteiger partial charge in [-0.3, -0.25) is 47.2 Å². The number of ether oxygens (including phenoxy) is 1. The molecule has 2 aromatic rings. The number of carbonyl (C=O) groups excluding carboxylic acids is 7. The third-order valence-corrected chi connectivity index (χ3v) is 21.2. The topological polar surface area (TPSA) is 519 Å². The van der Waals surface area contributed by atoms with Crippen molar-refractivity contribution in [1.29, 1.82) is 0 Å². The van der Waals surface area contributed by atoms with Crippen LogP contribution in [0.4, 0.5) is 5.82 Å². The van der Waals surface area contributed by atoms with Crippen LogP contribution < -0.4 is 45.5 Å². The van der Waals surface area contributed by atoms with Crippen LogP contribution in [0.15, 0.2) is 47.0 Å². The van der Waals surface area contributed by atoms with Crippen molar-refractivity contribution in [2.24, 2.45) is 79.7 Å². The zero-order valence-electron chi connectivity index (χ0n) is 51.3. The van der Waals surface area contributed by atoms with Crippen LogP contribution in [0.3, 0.4) is 0 Å². The largest absolute Gasteiger partial charge is 0.681 e. The van der Waals surface area contributed by atoms with Gasteiger partial charge in [0.1, 0.15) is 36.5 Å². The number of hydrogen-bond acceptors (Lipinski definition) is 17. The Morgan fingerprint density at radius 3 is 2.06 bits per heavy atom. The summed E-state index contributed by atoms with van der Waals surface area (Å²) in [4.78, 5) is 116. The maximum absolute atomic E-state index is 14.2. The number of phosphoric ester groups is 1. The average molecular weight is 1310 g/mol. The Hall–Kier alpha value is -6.12. The van der Waals surface area contributed by atoms with Crippen molar-refractivity contribution in [3.05, 3.63) is 68.2 Å². The number of anilines is 1. The molecule has 32 heteroatoms. The zero-order valence-corrected chi connectivity index (χ0v) is 53.2. The number of imidazole rings is 1. The molecule has 89 heavy (non-hydrogen) atoms. The Labute approximate surface area is 526 Å². The van der Waals surface area contributed by atoms with E-state index in [-0.39, 0.29) is 111 Å². The fourth-order valence-electron chi connectivity index (χ4n) is 15.5. The quantitative estimate of drug-likeness (QED) is 0.0475. The molecule has 7 amide bonds. The first kappa shape index (κ1) is 70.3. The molecule has 0 saturated carbocycles. The summed E-state index contributed by atoms with van der Waals surface area (Å²) in [5.74, 6) is -7.02. The van der Waals surface area contributed by atoms with Crippen LogP contribution in [-0.2, 0) is 68.7 Å². The maximum Gasteiger partial charge on any atom is 0.472 e. The number of aromatic nitrogens is 4. The fraction of sp³-hybridized carbons (Fsp3) is 0.684. The SMILES string of the molecule is C/C1=C2/[N-]/C(=C\C3[N-]/C(=C(/C)C4[N-][C@H]([C@H](CC(N)=O)[C@@]4(C)CCC(=O)NCCOP(=O)(O)O[C@H]4[C@@H](O)[C@@H](n5cnc6ncnc(N)c65)O[C@@H]4CO)[C@]4(C)[N-]C1[C@@H](CCC(N)=O)[C@]4(C)CC(N)=O)[C@@H](CCC(N)=O)C3(C)C)[C@@H](CCC(N)=O)[C@]2(C)CC(N)=O.[Co]. The van der Waals surface area contributed by atoms with E-state index in [9.17, 15) is 53.2 Å². The standard InChI is InChI=1S/C57H85N16O14P.Co/c1-26-42-29(10-13-36(59)76)53(3,4)34(70-42)20-32-28(9-12-35(58)75)55(6,21-39(62)79)48(69-32)27(2)43-30(11-14-37(60)77)56(7,22-40(63)80)57(8,72-43)49-31(19-38(61)78)54(5,47(26)71-49)16-15-41(81)65-17-18-85-88(83,84)87-46-33(23-74)86-52(45(46)82)73-25-68-51-44(73)50(64)66-24-67-51;/h20,24-25,28-31,33-34,43,45-47,49,52,74,82H,9-19,21-23H2,1-8H3,(H2,58,75)(H2,59,76)(H2,60,77)(H2,61,78)(H2,62,79)(H2,63,80)(H,65,81)(H,83,84)(H2,64,66,67);/q-4;/b32-20-,42-26-,48-27-;/t28-,29-,30-,31+,33-,34?,43?,45-,46-,47?,49-,52+,54-,55+,56+,57+;/m1./s1. The van der Waals surface area contributed by atoms with Gasteiger partial charge in [-0.1, -0.05) is 47.6 Å². The number of phosphoric acid groups is 1. The number of primary amides is 6. The zero-order chi connectivity index (χ0) is 65.0. The Kier molecular flexibility index (Phi) is 21.0. The van der Waals surface area contributed by atoms with Crippen molar-refractivity contribution in [3.63, 3.8) is 0 Å². The summed E-state index contributed by atoms with van der Waals surface area (Å²) in [6.07, 6.45) is -2.27. The van der Waals surface area contributed by atoms with E-state index in [0.717, 1.165) is 0 Å². The third-order valence-electron chi connectivity index (χ3n) is 20.2. The molecule has 1 radical (unpaired) electrons. The molecule has 6 aliphatic heterocycles. The minimum absolute atomic E-state index is 0. The first-order valence-electron chi connectivity index (χ1n) is 29.5.